The fourth-order valence-corrected chi connectivity index (χ4v) is 4.43. The van der Waals surface area contributed by atoms with Gasteiger partial charge in [0, 0.05) is 29.1 Å². The largest absolute Gasteiger partial charge is 0.397 e. The molecule has 1 saturated heterocycles. The van der Waals surface area contributed by atoms with E-state index in [4.69, 9.17) is 27.9 Å². The van der Waals surface area contributed by atoms with Crippen LogP contribution in [0.4, 0.5) is 8.78 Å². The molecule has 2 aromatic rings. The van der Waals surface area contributed by atoms with Crippen molar-refractivity contribution in [2.45, 2.75) is 34.7 Å². The van der Waals surface area contributed by atoms with E-state index in [9.17, 15) is 24.1 Å². The second-order valence-electron chi connectivity index (χ2n) is 6.81. The maximum atomic E-state index is 13.5. The van der Waals surface area contributed by atoms with Crippen molar-refractivity contribution >= 4 is 29.1 Å². The number of pyridine rings is 1. The Kier molecular flexibility index (Phi) is 7.70. The van der Waals surface area contributed by atoms with Gasteiger partial charge in [0.25, 0.3) is 0 Å². The molecule has 3 rings (SSSR count). The highest BCUT2D eigenvalue weighted by molar-refractivity contribution is 7.99. The molecule has 8 nitrogen and oxygen atoms in total. The zero-order valence-corrected chi connectivity index (χ0v) is 17.5. The van der Waals surface area contributed by atoms with Gasteiger partial charge in [0.1, 0.15) is 29.8 Å². The monoisotopic (exact) mass is 474 g/mol. The Morgan fingerprint density at radius 1 is 1.23 bits per heavy atom. The first-order chi connectivity index (χ1) is 14.7. The van der Waals surface area contributed by atoms with E-state index in [1.807, 2.05) is 0 Å². The molecule has 1 aromatic carbocycles. The fourth-order valence-electron chi connectivity index (χ4n) is 3.11. The zero-order valence-electron chi connectivity index (χ0n) is 16.0. The number of aromatic nitrogens is 1. The van der Waals surface area contributed by atoms with Crippen LogP contribution in [0.2, 0.25) is 5.02 Å². The summed E-state index contributed by atoms with van der Waals surface area (Å²) < 4.78 is 32.3. The SMILES string of the molecule is N/C(=C\N(N)C1C(O)C(CO)OC(Sc2cncc(Cl)c2)C1O)c1ccc(F)c(F)c1. The number of aliphatic hydroxyl groups excluding tert-OH is 3. The summed E-state index contributed by atoms with van der Waals surface area (Å²) in [6.45, 7) is -0.536. The van der Waals surface area contributed by atoms with Gasteiger partial charge in [-0.3, -0.25) is 4.98 Å². The lowest BCUT2D eigenvalue weighted by atomic mass is 9.96. The number of ether oxygens (including phenoxy) is 1. The Labute approximate surface area is 186 Å². The number of aliphatic hydroxyl groups is 3. The first kappa shape index (κ1) is 23.7. The molecule has 168 valence electrons. The molecule has 12 heteroatoms. The smallest absolute Gasteiger partial charge is 0.159 e. The van der Waals surface area contributed by atoms with E-state index in [0.29, 0.717) is 9.92 Å². The van der Waals surface area contributed by atoms with Gasteiger partial charge in [-0.15, -0.1) is 0 Å². The van der Waals surface area contributed by atoms with Crippen molar-refractivity contribution in [2.75, 3.05) is 6.61 Å². The van der Waals surface area contributed by atoms with Gasteiger partial charge in [-0.2, -0.15) is 0 Å². The third kappa shape index (κ3) is 5.44. The lowest BCUT2D eigenvalue weighted by Gasteiger charge is -2.45. The van der Waals surface area contributed by atoms with E-state index in [0.717, 1.165) is 28.9 Å². The molecule has 0 aliphatic carbocycles. The standard InChI is InChI=1S/C19H21ClF2N4O4S/c20-10-4-11(6-25-5-10)31-19-18(29)16(17(28)15(8-27)30-19)26(24)7-14(23)9-1-2-12(21)13(22)3-9/h1-7,15-19,27-29H,8,23-24H2/b14-7-. The summed E-state index contributed by atoms with van der Waals surface area (Å²) >= 11 is 7.02. The highest BCUT2D eigenvalue weighted by atomic mass is 35.5. The minimum Gasteiger partial charge on any atom is -0.397 e. The van der Waals surface area contributed by atoms with Gasteiger partial charge in [0.2, 0.25) is 0 Å². The van der Waals surface area contributed by atoms with Crippen molar-refractivity contribution in [2.24, 2.45) is 11.6 Å². The highest BCUT2D eigenvalue weighted by Gasteiger charge is 2.46. The van der Waals surface area contributed by atoms with Crippen LogP contribution in [0.1, 0.15) is 5.56 Å². The van der Waals surface area contributed by atoms with E-state index in [2.05, 4.69) is 4.98 Å². The average Bonchev–Trinajstić information content (AvgIpc) is 2.72. The summed E-state index contributed by atoms with van der Waals surface area (Å²) in [6, 6.07) is 3.55. The molecule has 0 spiro atoms. The summed E-state index contributed by atoms with van der Waals surface area (Å²) in [6.07, 6.45) is 0.366. The first-order valence-corrected chi connectivity index (χ1v) is 10.3. The number of nitrogens with two attached hydrogens (primary N) is 2. The fraction of sp³-hybridized carbons (Fsp3) is 0.316. The number of hydrogen-bond acceptors (Lipinski definition) is 9. The normalized spacial score (nSPS) is 26.7. The van der Waals surface area contributed by atoms with Gasteiger partial charge in [-0.1, -0.05) is 23.4 Å². The van der Waals surface area contributed by atoms with E-state index >= 15 is 0 Å². The molecule has 2 heterocycles. The van der Waals surface area contributed by atoms with Crippen molar-refractivity contribution in [3.63, 3.8) is 0 Å². The van der Waals surface area contributed by atoms with Gasteiger partial charge < -0.3 is 30.8 Å². The summed E-state index contributed by atoms with van der Waals surface area (Å²) in [5, 5.41) is 32.4. The molecular weight excluding hydrogens is 454 g/mol. The van der Waals surface area contributed by atoms with Crippen molar-refractivity contribution in [1.82, 2.24) is 9.99 Å². The number of nitrogens with zero attached hydrogens (tertiary/aromatic N) is 2. The molecule has 1 aliphatic heterocycles. The molecule has 5 unspecified atom stereocenters. The number of hydrazine groups is 1. The van der Waals surface area contributed by atoms with Crippen LogP contribution in [0.25, 0.3) is 5.70 Å². The predicted molar refractivity (Wildman–Crippen MR) is 111 cm³/mol. The second-order valence-corrected chi connectivity index (χ2v) is 8.42. The van der Waals surface area contributed by atoms with Crippen LogP contribution in [0.15, 0.2) is 47.8 Å². The Balaban J connectivity index is 1.84. The quantitative estimate of drug-likeness (QED) is 0.307. The van der Waals surface area contributed by atoms with Crippen molar-refractivity contribution < 1.29 is 28.8 Å². The first-order valence-electron chi connectivity index (χ1n) is 9.06. The number of benzene rings is 1. The van der Waals surface area contributed by atoms with Crippen LogP contribution in [-0.2, 0) is 4.74 Å². The van der Waals surface area contributed by atoms with E-state index in [1.165, 1.54) is 24.7 Å². The Hall–Kier alpha value is -1.99. The van der Waals surface area contributed by atoms with Crippen molar-refractivity contribution in [1.29, 1.82) is 0 Å². The molecule has 0 amide bonds. The maximum Gasteiger partial charge on any atom is 0.159 e. The summed E-state index contributed by atoms with van der Waals surface area (Å²) in [4.78, 5) is 4.55. The number of hydrogen-bond donors (Lipinski definition) is 5. The number of thioether (sulfide) groups is 1. The minimum atomic E-state index is -1.38. The highest BCUT2D eigenvalue weighted by Crippen LogP contribution is 2.35. The molecule has 0 bridgehead atoms. The molecule has 0 saturated carbocycles. The van der Waals surface area contributed by atoms with Crippen LogP contribution in [0.3, 0.4) is 0 Å². The van der Waals surface area contributed by atoms with Crippen LogP contribution in [0.5, 0.6) is 0 Å². The number of rotatable bonds is 6. The van der Waals surface area contributed by atoms with E-state index < -0.39 is 48.0 Å². The van der Waals surface area contributed by atoms with E-state index in [-0.39, 0.29) is 11.3 Å². The van der Waals surface area contributed by atoms with Crippen LogP contribution in [0, 0.1) is 11.6 Å². The van der Waals surface area contributed by atoms with Crippen LogP contribution >= 0.6 is 23.4 Å². The summed E-state index contributed by atoms with van der Waals surface area (Å²) in [5.41, 5.74) is 5.12. The average molecular weight is 475 g/mol. The predicted octanol–water partition coefficient (Wildman–Crippen LogP) is 1.05. The molecule has 31 heavy (non-hydrogen) atoms. The van der Waals surface area contributed by atoms with Gasteiger partial charge in [-0.05, 0) is 24.3 Å². The van der Waals surface area contributed by atoms with Gasteiger partial charge in [0.15, 0.2) is 11.6 Å². The lowest BCUT2D eigenvalue weighted by molar-refractivity contribution is -0.184. The Morgan fingerprint density at radius 2 is 1.97 bits per heavy atom. The molecule has 1 fully saturated rings. The molecule has 1 aliphatic rings. The molecule has 5 atom stereocenters. The van der Waals surface area contributed by atoms with Gasteiger partial charge in [0.05, 0.1) is 17.3 Å². The molecular formula is C19H21ClF2N4O4S. The maximum absolute atomic E-state index is 13.5. The molecule has 7 N–H and O–H groups in total. The van der Waals surface area contributed by atoms with Crippen molar-refractivity contribution in [3.8, 4) is 0 Å². The Morgan fingerprint density at radius 3 is 2.61 bits per heavy atom. The minimum absolute atomic E-state index is 0.0314. The third-order valence-corrected chi connectivity index (χ3v) is 5.99. The van der Waals surface area contributed by atoms with E-state index in [1.54, 1.807) is 6.07 Å². The van der Waals surface area contributed by atoms with Crippen molar-refractivity contribution in [3.05, 3.63) is 65.1 Å². The lowest BCUT2D eigenvalue weighted by Crippen LogP contribution is -2.64. The molecule has 0 radical (unpaired) electrons. The zero-order chi connectivity index (χ0) is 22.7. The summed E-state index contributed by atoms with van der Waals surface area (Å²) in [5.74, 6) is 3.92. The Bertz CT molecular complexity index is 957. The third-order valence-electron chi connectivity index (χ3n) is 4.67. The molecule has 1 aromatic heterocycles. The van der Waals surface area contributed by atoms with Crippen LogP contribution in [-0.4, -0.2) is 61.7 Å². The van der Waals surface area contributed by atoms with Gasteiger partial charge in [-0.25, -0.2) is 14.6 Å². The number of halogens is 3. The summed E-state index contributed by atoms with van der Waals surface area (Å²) in [7, 11) is 0. The topological polar surface area (TPSA) is 138 Å². The van der Waals surface area contributed by atoms with Gasteiger partial charge >= 0.3 is 0 Å². The van der Waals surface area contributed by atoms with Crippen LogP contribution < -0.4 is 11.6 Å². The second kappa shape index (κ2) is 10.1.